The fraction of sp³-hybridized carbons (Fsp3) is 0.316. The number of benzene rings is 1. The van der Waals surface area contributed by atoms with Gasteiger partial charge in [-0.2, -0.15) is 0 Å². The van der Waals surface area contributed by atoms with E-state index in [2.05, 4.69) is 4.98 Å². The second-order valence-electron chi connectivity index (χ2n) is 4.78. The van der Waals surface area contributed by atoms with Crippen LogP contribution in [-0.4, -0.2) is 29.4 Å². The van der Waals surface area contributed by atoms with Gasteiger partial charge in [0.1, 0.15) is 0 Å². The van der Waals surface area contributed by atoms with E-state index < -0.39 is 25.7 Å². The summed E-state index contributed by atoms with van der Waals surface area (Å²) in [5.74, 6) is 0. The Kier molecular flexibility index (Phi) is 3.27. The average molecular weight is 323 g/mol. The zero-order valence-corrected chi connectivity index (χ0v) is 13.0. The van der Waals surface area contributed by atoms with Crippen LogP contribution >= 0.6 is 12.4 Å². The molecule has 2 nitrogen and oxygen atoms in total. The molecule has 0 aliphatic carbocycles. The van der Waals surface area contributed by atoms with Crippen LogP contribution < -0.4 is 0 Å². The zero-order chi connectivity index (χ0) is 21.7. The van der Waals surface area contributed by atoms with Crippen molar-refractivity contribution in [2.75, 3.05) is 19.5 Å². The van der Waals surface area contributed by atoms with Crippen molar-refractivity contribution < 1.29 is 11.0 Å². The minimum absolute atomic E-state index is 0. The summed E-state index contributed by atoms with van der Waals surface area (Å²) in [6, 6.07) is 12.9. The summed E-state index contributed by atoms with van der Waals surface area (Å²) in [5.41, 5.74) is 3.08. The van der Waals surface area contributed by atoms with Crippen molar-refractivity contribution in [3.8, 4) is 0 Å². The van der Waals surface area contributed by atoms with E-state index in [1.807, 2.05) is 31.2 Å². The predicted octanol–water partition coefficient (Wildman–Crippen LogP) is 4.34. The topological polar surface area (TPSA) is 16.1 Å². The van der Waals surface area contributed by atoms with Crippen molar-refractivity contribution in [1.29, 1.82) is 0 Å². The first-order chi connectivity index (χ1) is 13.3. The largest absolute Gasteiger partial charge is 0.300 e. The molecule has 3 rings (SSSR count). The number of rotatable bonds is 4. The highest BCUT2D eigenvalue weighted by Crippen LogP contribution is 2.22. The van der Waals surface area contributed by atoms with Crippen molar-refractivity contribution in [3.05, 3.63) is 71.6 Å². The molecule has 0 bridgehead atoms. The maximum atomic E-state index is 8.13. The van der Waals surface area contributed by atoms with Crippen molar-refractivity contribution in [2.24, 2.45) is 0 Å². The molecule has 2 heterocycles. The summed E-state index contributed by atoms with van der Waals surface area (Å²) < 4.78 is 64.2. The lowest BCUT2D eigenvalue weighted by Gasteiger charge is -2.14. The first-order valence-corrected chi connectivity index (χ1v) is 6.80. The lowest BCUT2D eigenvalue weighted by Crippen LogP contribution is -2.19. The van der Waals surface area contributed by atoms with Gasteiger partial charge in [-0.05, 0) is 50.4 Å². The third kappa shape index (κ3) is 4.19. The highest BCUT2D eigenvalue weighted by atomic mass is 35.5. The number of hydrogen-bond acceptors (Lipinski definition) is 2. The normalized spacial score (nSPS) is 30.1. The zero-order valence-electron chi connectivity index (χ0n) is 20.2. The summed E-state index contributed by atoms with van der Waals surface area (Å²) in [5, 5.41) is 0. The molecule has 0 N–H and O–H groups in total. The fourth-order valence-electron chi connectivity index (χ4n) is 2.12. The minimum atomic E-state index is -3.04. The van der Waals surface area contributed by atoms with E-state index in [4.69, 9.17) is 11.0 Å². The lowest BCUT2D eigenvalue weighted by molar-refractivity contribution is 0.377. The molecule has 1 saturated heterocycles. The van der Waals surface area contributed by atoms with Gasteiger partial charge in [-0.1, -0.05) is 42.0 Å². The van der Waals surface area contributed by atoms with E-state index in [0.29, 0.717) is 16.2 Å². The van der Waals surface area contributed by atoms with Crippen LogP contribution in [0.2, 0.25) is 0 Å². The SMILES string of the molecule is Cl.[2H]C1([2H])N(C/C=C(/c2ccc(C)cc2)c2ccccn2)C([2H])([2H])C([2H])([2H])C1([2H])[2H]. The van der Waals surface area contributed by atoms with E-state index in [0.717, 1.165) is 11.1 Å². The van der Waals surface area contributed by atoms with E-state index >= 15 is 0 Å². The molecule has 3 heteroatoms. The molecule has 1 aromatic carbocycles. The van der Waals surface area contributed by atoms with Gasteiger partial charge in [0.2, 0.25) is 0 Å². The van der Waals surface area contributed by atoms with Crippen molar-refractivity contribution in [2.45, 2.75) is 19.7 Å². The molecule has 1 fully saturated rings. The van der Waals surface area contributed by atoms with E-state index in [9.17, 15) is 0 Å². The molecule has 2 aromatic rings. The Hall–Kier alpha value is -1.64. The number of aryl methyl sites for hydroxylation is 1. The van der Waals surface area contributed by atoms with Crippen LogP contribution in [0.3, 0.4) is 0 Å². The molecule has 22 heavy (non-hydrogen) atoms. The quantitative estimate of drug-likeness (QED) is 0.832. The Balaban J connectivity index is 0.00000320. The number of aromatic nitrogens is 1. The number of pyridine rings is 1. The second-order valence-corrected chi connectivity index (χ2v) is 4.78. The van der Waals surface area contributed by atoms with Gasteiger partial charge in [-0.3, -0.25) is 9.88 Å². The fourth-order valence-corrected chi connectivity index (χ4v) is 2.12. The van der Waals surface area contributed by atoms with Crippen molar-refractivity contribution in [1.82, 2.24) is 9.88 Å². The summed E-state index contributed by atoms with van der Waals surface area (Å²) in [6.07, 6.45) is -2.89. The predicted molar refractivity (Wildman–Crippen MR) is 95.4 cm³/mol. The van der Waals surface area contributed by atoms with Gasteiger partial charge >= 0.3 is 0 Å². The van der Waals surface area contributed by atoms with Gasteiger partial charge in [0.05, 0.1) is 5.69 Å². The van der Waals surface area contributed by atoms with Gasteiger partial charge in [-0.15, -0.1) is 12.4 Å². The third-order valence-electron chi connectivity index (χ3n) is 3.23. The molecule has 0 amide bonds. The van der Waals surface area contributed by atoms with Crippen LogP contribution in [0.4, 0.5) is 0 Å². The summed E-state index contributed by atoms with van der Waals surface area (Å²) in [7, 11) is 0. The van der Waals surface area contributed by atoms with Crippen LogP contribution in [0.1, 0.15) is 40.5 Å². The number of hydrogen-bond donors (Lipinski definition) is 0. The average Bonchev–Trinajstić information content (AvgIpc) is 2.72. The van der Waals surface area contributed by atoms with Crippen LogP contribution in [0.15, 0.2) is 54.7 Å². The molecule has 1 aliphatic heterocycles. The van der Waals surface area contributed by atoms with Crippen LogP contribution in [0, 0.1) is 6.92 Å². The molecule has 0 unspecified atom stereocenters. The first-order valence-electron chi connectivity index (χ1n) is 10.8. The van der Waals surface area contributed by atoms with Crippen molar-refractivity contribution >= 4 is 18.0 Å². The Morgan fingerprint density at radius 1 is 1.18 bits per heavy atom. The monoisotopic (exact) mass is 322 g/mol. The summed E-state index contributed by atoms with van der Waals surface area (Å²) >= 11 is 0. The number of halogens is 1. The van der Waals surface area contributed by atoms with Gasteiger partial charge in [-0.25, -0.2) is 0 Å². The standard InChI is InChI=1S/C19H22N2.ClH/c1-16-7-9-17(10-8-16)18(19-6-2-3-12-20-19)11-15-21-13-4-5-14-21;/h2-3,6-12H,4-5,13-15H2,1H3;1H/b18-11-;/i4D2,5D2,13D2,14D2;. The van der Waals surface area contributed by atoms with Crippen LogP contribution in [0.25, 0.3) is 5.57 Å². The Morgan fingerprint density at radius 3 is 2.55 bits per heavy atom. The minimum Gasteiger partial charge on any atom is -0.300 e. The molecule has 1 aliphatic rings. The van der Waals surface area contributed by atoms with Gasteiger partial charge in [0.25, 0.3) is 0 Å². The van der Waals surface area contributed by atoms with Crippen LogP contribution in [-0.2, 0) is 0 Å². The van der Waals surface area contributed by atoms with Crippen molar-refractivity contribution in [3.63, 3.8) is 0 Å². The van der Waals surface area contributed by atoms with Gasteiger partial charge in [0.15, 0.2) is 0 Å². The smallest absolute Gasteiger partial charge is 0.0705 e. The van der Waals surface area contributed by atoms with Gasteiger partial charge < -0.3 is 0 Å². The molecular weight excluding hydrogens is 292 g/mol. The number of likely N-dealkylation sites (tertiary alicyclic amines) is 1. The van der Waals surface area contributed by atoms with Crippen LogP contribution in [0.5, 0.6) is 0 Å². The number of nitrogens with zero attached hydrogens (tertiary/aromatic N) is 2. The highest BCUT2D eigenvalue weighted by Gasteiger charge is 2.11. The molecule has 0 spiro atoms. The molecule has 116 valence electrons. The molecule has 0 saturated carbocycles. The van der Waals surface area contributed by atoms with E-state index in [1.165, 1.54) is 0 Å². The molecular formula is C19H23ClN2. The van der Waals surface area contributed by atoms with E-state index in [1.54, 1.807) is 30.5 Å². The maximum absolute atomic E-state index is 8.13. The molecule has 0 radical (unpaired) electrons. The second kappa shape index (κ2) is 8.11. The Morgan fingerprint density at radius 2 is 1.91 bits per heavy atom. The molecule has 1 aromatic heterocycles. The Bertz CT molecular complexity index is 888. The summed E-state index contributed by atoms with van der Waals surface area (Å²) in [6.45, 7) is -4.08. The first kappa shape index (κ1) is 8.85. The Labute approximate surface area is 150 Å². The third-order valence-corrected chi connectivity index (χ3v) is 3.23. The summed E-state index contributed by atoms with van der Waals surface area (Å²) in [4.78, 5) is 4.94. The maximum Gasteiger partial charge on any atom is 0.0705 e. The highest BCUT2D eigenvalue weighted by molar-refractivity contribution is 5.85. The molecule has 0 atom stereocenters. The van der Waals surface area contributed by atoms with E-state index in [-0.39, 0.29) is 19.0 Å². The van der Waals surface area contributed by atoms with Gasteiger partial charge in [0, 0.05) is 29.3 Å². The lowest BCUT2D eigenvalue weighted by atomic mass is 10.0.